The Morgan fingerprint density at radius 1 is 1.08 bits per heavy atom. The number of benzene rings is 2. The van der Waals surface area contributed by atoms with Crippen molar-refractivity contribution in [1.82, 2.24) is 15.5 Å². The van der Waals surface area contributed by atoms with Gasteiger partial charge in [-0.3, -0.25) is 9.59 Å². The molecule has 2 amide bonds. The lowest BCUT2D eigenvalue weighted by Gasteiger charge is -2.33. The van der Waals surface area contributed by atoms with E-state index in [4.69, 9.17) is 0 Å². The first-order valence-corrected chi connectivity index (χ1v) is 13.7. The predicted octanol–water partition coefficient (Wildman–Crippen LogP) is 4.05. The van der Waals surface area contributed by atoms with Crippen molar-refractivity contribution >= 4 is 11.8 Å². The third kappa shape index (κ3) is 8.58. The van der Waals surface area contributed by atoms with Gasteiger partial charge < -0.3 is 25.7 Å². The van der Waals surface area contributed by atoms with Gasteiger partial charge in [-0.2, -0.15) is 0 Å². The summed E-state index contributed by atoms with van der Waals surface area (Å²) >= 11 is 0. The van der Waals surface area contributed by atoms with Crippen LogP contribution in [0.25, 0.3) is 0 Å². The van der Waals surface area contributed by atoms with Crippen LogP contribution in [0.4, 0.5) is 0 Å². The van der Waals surface area contributed by atoms with E-state index in [1.54, 1.807) is 18.2 Å². The highest BCUT2D eigenvalue weighted by atomic mass is 16.3. The molecule has 0 bridgehead atoms. The van der Waals surface area contributed by atoms with Gasteiger partial charge in [0.05, 0.1) is 6.10 Å². The summed E-state index contributed by atoms with van der Waals surface area (Å²) in [5.74, 6) is 0.484. The molecule has 2 unspecified atom stereocenters. The van der Waals surface area contributed by atoms with Gasteiger partial charge in [-0.15, -0.1) is 0 Å². The quantitative estimate of drug-likeness (QED) is 0.346. The summed E-state index contributed by atoms with van der Waals surface area (Å²) in [6.45, 7) is 8.35. The van der Waals surface area contributed by atoms with E-state index in [-0.39, 0.29) is 24.4 Å². The average Bonchev–Trinajstić information content (AvgIpc) is 2.89. The van der Waals surface area contributed by atoms with Crippen molar-refractivity contribution < 1.29 is 19.8 Å². The van der Waals surface area contributed by atoms with Crippen molar-refractivity contribution in [3.63, 3.8) is 0 Å². The molecule has 202 valence electrons. The highest BCUT2D eigenvalue weighted by Crippen LogP contribution is 2.22. The van der Waals surface area contributed by atoms with Crippen LogP contribution in [0.1, 0.15) is 77.8 Å². The van der Waals surface area contributed by atoms with Gasteiger partial charge in [0.1, 0.15) is 5.75 Å². The molecule has 1 heterocycles. The first-order chi connectivity index (χ1) is 17.8. The zero-order chi connectivity index (χ0) is 26.8. The van der Waals surface area contributed by atoms with E-state index < -0.39 is 6.10 Å². The van der Waals surface area contributed by atoms with Crippen LogP contribution in [0.15, 0.2) is 42.5 Å². The van der Waals surface area contributed by atoms with E-state index >= 15 is 0 Å². The molecule has 1 fully saturated rings. The zero-order valence-corrected chi connectivity index (χ0v) is 22.5. The number of rotatable bonds is 12. The molecule has 7 nitrogen and oxygen atoms in total. The Hall–Kier alpha value is -2.90. The number of phenols is 1. The van der Waals surface area contributed by atoms with E-state index in [1.165, 1.54) is 0 Å². The number of carbonyl (C=O) groups is 2. The number of aliphatic hydroxyl groups is 1. The highest BCUT2D eigenvalue weighted by molar-refractivity contribution is 6.00. The molecule has 0 aliphatic carbocycles. The second kappa shape index (κ2) is 14.1. The second-order valence-corrected chi connectivity index (χ2v) is 10.3. The van der Waals surface area contributed by atoms with Crippen LogP contribution >= 0.6 is 0 Å². The lowest BCUT2D eigenvalue weighted by molar-refractivity contribution is 0.0755. The van der Waals surface area contributed by atoms with E-state index in [0.29, 0.717) is 35.9 Å². The maximum atomic E-state index is 13.0. The monoisotopic (exact) mass is 509 g/mol. The first kappa shape index (κ1) is 28.7. The van der Waals surface area contributed by atoms with Crippen molar-refractivity contribution in [3.8, 4) is 5.75 Å². The molecule has 1 aliphatic heterocycles. The van der Waals surface area contributed by atoms with E-state index in [0.717, 1.165) is 56.2 Å². The molecule has 3 atom stereocenters. The molecule has 0 saturated carbocycles. The van der Waals surface area contributed by atoms with Crippen LogP contribution in [-0.2, 0) is 6.42 Å². The number of phenolic OH excluding ortho intramolecular Hbond substituents is 1. The molecule has 1 aliphatic rings. The third-order valence-electron chi connectivity index (χ3n) is 7.10. The lowest BCUT2D eigenvalue weighted by atomic mass is 9.88. The zero-order valence-electron chi connectivity index (χ0n) is 22.5. The summed E-state index contributed by atoms with van der Waals surface area (Å²) in [5.41, 5.74) is 2.95. The minimum atomic E-state index is -0.688. The molecule has 4 N–H and O–H groups in total. The SMILES string of the molecule is CCCN(CCC)C(=O)c1cc(C)cc(C(=O)NC[C@H](O)C2CCC(CCc3cccc(O)c3)CN2)c1. The minimum absolute atomic E-state index is 0.0495. The van der Waals surface area contributed by atoms with Gasteiger partial charge in [0.25, 0.3) is 11.8 Å². The molecule has 37 heavy (non-hydrogen) atoms. The fourth-order valence-electron chi connectivity index (χ4n) is 5.11. The topological polar surface area (TPSA) is 102 Å². The van der Waals surface area contributed by atoms with Crippen LogP contribution in [0, 0.1) is 12.8 Å². The van der Waals surface area contributed by atoms with E-state index in [1.807, 2.05) is 36.1 Å². The smallest absolute Gasteiger partial charge is 0.253 e. The third-order valence-corrected chi connectivity index (χ3v) is 7.10. The molecule has 0 radical (unpaired) electrons. The summed E-state index contributed by atoms with van der Waals surface area (Å²) in [5, 5.41) is 26.7. The number of aryl methyl sites for hydroxylation is 2. The van der Waals surface area contributed by atoms with Crippen molar-refractivity contribution in [2.75, 3.05) is 26.2 Å². The standard InChI is InChI=1S/C30H43N3O4/c1-4-13-33(14-5-2)30(37)25-16-21(3)15-24(18-25)29(36)32-20-28(35)27-12-11-23(19-31-27)10-9-22-7-6-8-26(34)17-22/h6-8,15-18,23,27-28,31,34-35H,4-5,9-14,19-20H2,1-3H3,(H,32,36)/t23?,27?,28-/m0/s1. The summed E-state index contributed by atoms with van der Waals surface area (Å²) in [4.78, 5) is 27.8. The summed E-state index contributed by atoms with van der Waals surface area (Å²) < 4.78 is 0. The fraction of sp³-hybridized carbons (Fsp3) is 0.533. The largest absolute Gasteiger partial charge is 0.508 e. The van der Waals surface area contributed by atoms with Crippen molar-refractivity contribution in [2.24, 2.45) is 5.92 Å². The molecule has 2 aromatic carbocycles. The molecule has 0 spiro atoms. The van der Waals surface area contributed by atoms with Crippen LogP contribution < -0.4 is 10.6 Å². The van der Waals surface area contributed by atoms with Crippen molar-refractivity contribution in [1.29, 1.82) is 0 Å². The Kier molecular flexibility index (Phi) is 11.0. The van der Waals surface area contributed by atoms with Gasteiger partial charge >= 0.3 is 0 Å². The van der Waals surface area contributed by atoms with Crippen LogP contribution in [0.3, 0.4) is 0 Å². The number of piperidine rings is 1. The van der Waals surface area contributed by atoms with Crippen LogP contribution in [0.2, 0.25) is 0 Å². The number of amides is 2. The van der Waals surface area contributed by atoms with Gasteiger partial charge in [-0.05, 0) is 99.4 Å². The lowest BCUT2D eigenvalue weighted by Crippen LogP contribution is -2.50. The van der Waals surface area contributed by atoms with Crippen molar-refractivity contribution in [3.05, 3.63) is 64.7 Å². The molecule has 1 saturated heterocycles. The number of carbonyl (C=O) groups excluding carboxylic acids is 2. The average molecular weight is 510 g/mol. The maximum absolute atomic E-state index is 13.0. The summed E-state index contributed by atoms with van der Waals surface area (Å²) in [6.07, 6.45) is 4.88. The highest BCUT2D eigenvalue weighted by Gasteiger charge is 2.26. The Morgan fingerprint density at radius 3 is 2.46 bits per heavy atom. The van der Waals surface area contributed by atoms with Gasteiger partial charge in [0.2, 0.25) is 0 Å². The second-order valence-electron chi connectivity index (χ2n) is 10.3. The molecule has 2 aromatic rings. The Morgan fingerprint density at radius 2 is 1.81 bits per heavy atom. The Bertz CT molecular complexity index is 1030. The number of nitrogens with one attached hydrogen (secondary N) is 2. The molecule has 0 aromatic heterocycles. The number of hydrogen-bond donors (Lipinski definition) is 4. The number of aliphatic hydroxyl groups excluding tert-OH is 1. The van der Waals surface area contributed by atoms with Gasteiger partial charge in [-0.25, -0.2) is 0 Å². The number of nitrogens with zero attached hydrogens (tertiary/aromatic N) is 1. The van der Waals surface area contributed by atoms with Gasteiger partial charge in [0.15, 0.2) is 0 Å². The predicted molar refractivity (Wildman–Crippen MR) is 147 cm³/mol. The van der Waals surface area contributed by atoms with E-state index in [2.05, 4.69) is 24.5 Å². The minimum Gasteiger partial charge on any atom is -0.508 e. The Labute approximate surface area is 221 Å². The fourth-order valence-corrected chi connectivity index (χ4v) is 5.11. The molecule has 3 rings (SSSR count). The summed E-state index contributed by atoms with van der Waals surface area (Å²) in [6, 6.07) is 12.6. The van der Waals surface area contributed by atoms with E-state index in [9.17, 15) is 19.8 Å². The van der Waals surface area contributed by atoms with Gasteiger partial charge in [-0.1, -0.05) is 26.0 Å². The number of aromatic hydroxyl groups is 1. The van der Waals surface area contributed by atoms with Gasteiger partial charge in [0, 0.05) is 36.8 Å². The van der Waals surface area contributed by atoms with Crippen molar-refractivity contribution in [2.45, 2.75) is 71.4 Å². The van der Waals surface area contributed by atoms with Crippen LogP contribution in [-0.4, -0.2) is 65.3 Å². The molecule has 7 heteroatoms. The molecular formula is C30H43N3O4. The summed E-state index contributed by atoms with van der Waals surface area (Å²) in [7, 11) is 0. The molecular weight excluding hydrogens is 466 g/mol. The number of hydrogen-bond acceptors (Lipinski definition) is 5. The maximum Gasteiger partial charge on any atom is 0.253 e. The van der Waals surface area contributed by atoms with Crippen LogP contribution in [0.5, 0.6) is 5.75 Å². The Balaban J connectivity index is 1.48. The normalized spacial score (nSPS) is 18.3. The first-order valence-electron chi connectivity index (χ1n) is 13.7.